The van der Waals surface area contributed by atoms with Gasteiger partial charge in [-0.3, -0.25) is 4.98 Å². The third-order valence-electron chi connectivity index (χ3n) is 4.00. The van der Waals surface area contributed by atoms with Crippen LogP contribution in [0.25, 0.3) is 10.8 Å². The molecule has 21 heavy (non-hydrogen) atoms. The quantitative estimate of drug-likeness (QED) is 0.777. The molecular weight excluding hydrogens is 256 g/mol. The molecule has 106 valence electrons. The Morgan fingerprint density at radius 3 is 2.62 bits per heavy atom. The molecule has 2 heteroatoms. The SMILES string of the molecule is CNC(Cc1ccc(C)cc1)c1cccc2ccncc12. The Labute approximate surface area is 125 Å². The summed E-state index contributed by atoms with van der Waals surface area (Å²) in [5.41, 5.74) is 3.96. The van der Waals surface area contributed by atoms with Gasteiger partial charge in [-0.15, -0.1) is 0 Å². The van der Waals surface area contributed by atoms with Crippen LogP contribution in [0.4, 0.5) is 0 Å². The Bertz CT molecular complexity index is 727. The van der Waals surface area contributed by atoms with Gasteiger partial charge in [0.1, 0.15) is 0 Å². The van der Waals surface area contributed by atoms with E-state index in [1.165, 1.54) is 27.5 Å². The summed E-state index contributed by atoms with van der Waals surface area (Å²) < 4.78 is 0. The van der Waals surface area contributed by atoms with E-state index >= 15 is 0 Å². The fraction of sp³-hybridized carbons (Fsp3) is 0.211. The van der Waals surface area contributed by atoms with Crippen LogP contribution < -0.4 is 5.32 Å². The normalized spacial score (nSPS) is 12.5. The van der Waals surface area contributed by atoms with E-state index < -0.39 is 0 Å². The fourth-order valence-electron chi connectivity index (χ4n) is 2.77. The van der Waals surface area contributed by atoms with Crippen LogP contribution in [0.2, 0.25) is 0 Å². The van der Waals surface area contributed by atoms with Crippen molar-refractivity contribution in [1.82, 2.24) is 10.3 Å². The Morgan fingerprint density at radius 2 is 1.86 bits per heavy atom. The summed E-state index contributed by atoms with van der Waals surface area (Å²) in [5.74, 6) is 0. The molecule has 0 bridgehead atoms. The highest BCUT2D eigenvalue weighted by molar-refractivity contribution is 5.85. The number of fused-ring (bicyclic) bond motifs is 1. The standard InChI is InChI=1S/C19H20N2/c1-14-6-8-15(9-7-14)12-19(20-2)17-5-3-4-16-10-11-21-13-18(16)17/h3-11,13,19-20H,12H2,1-2H3. The number of rotatable bonds is 4. The minimum Gasteiger partial charge on any atom is -0.313 e. The van der Waals surface area contributed by atoms with Gasteiger partial charge in [-0.05, 0) is 43.0 Å². The third-order valence-corrected chi connectivity index (χ3v) is 4.00. The highest BCUT2D eigenvalue weighted by Gasteiger charge is 2.13. The Morgan fingerprint density at radius 1 is 1.05 bits per heavy atom. The lowest BCUT2D eigenvalue weighted by molar-refractivity contribution is 0.596. The second-order valence-electron chi connectivity index (χ2n) is 5.48. The Kier molecular flexibility index (Phi) is 3.98. The summed E-state index contributed by atoms with van der Waals surface area (Å²) in [6, 6.07) is 17.6. The summed E-state index contributed by atoms with van der Waals surface area (Å²) in [6.45, 7) is 2.12. The molecule has 0 amide bonds. The van der Waals surface area contributed by atoms with Crippen LogP contribution in [-0.4, -0.2) is 12.0 Å². The van der Waals surface area contributed by atoms with Crippen LogP contribution in [0.5, 0.6) is 0 Å². The van der Waals surface area contributed by atoms with Crippen molar-refractivity contribution in [3.05, 3.63) is 77.6 Å². The molecule has 1 N–H and O–H groups in total. The van der Waals surface area contributed by atoms with Crippen LogP contribution in [0.1, 0.15) is 22.7 Å². The molecule has 0 aliphatic carbocycles. The number of hydrogen-bond donors (Lipinski definition) is 1. The lowest BCUT2D eigenvalue weighted by Crippen LogP contribution is -2.19. The lowest BCUT2D eigenvalue weighted by Gasteiger charge is -2.19. The molecule has 0 aliphatic heterocycles. The molecule has 0 saturated heterocycles. The third kappa shape index (κ3) is 2.96. The summed E-state index contributed by atoms with van der Waals surface area (Å²) >= 11 is 0. The molecule has 1 aromatic heterocycles. The van der Waals surface area contributed by atoms with Crippen molar-refractivity contribution < 1.29 is 0 Å². The van der Waals surface area contributed by atoms with Crippen LogP contribution in [0.3, 0.4) is 0 Å². The van der Waals surface area contributed by atoms with Crippen molar-refractivity contribution in [2.24, 2.45) is 0 Å². The average molecular weight is 276 g/mol. The first-order valence-electron chi connectivity index (χ1n) is 7.33. The zero-order valence-electron chi connectivity index (χ0n) is 12.5. The van der Waals surface area contributed by atoms with Crippen LogP contribution in [0.15, 0.2) is 60.9 Å². The van der Waals surface area contributed by atoms with E-state index in [1.54, 1.807) is 0 Å². The smallest absolute Gasteiger partial charge is 0.0365 e. The molecule has 0 aliphatic rings. The number of likely N-dealkylation sites (N-methyl/N-ethyl adjacent to an activating group) is 1. The van der Waals surface area contributed by atoms with E-state index in [2.05, 4.69) is 65.8 Å². The number of nitrogens with zero attached hydrogens (tertiary/aromatic N) is 1. The van der Waals surface area contributed by atoms with Gasteiger partial charge in [0, 0.05) is 23.8 Å². The van der Waals surface area contributed by atoms with Gasteiger partial charge in [0.25, 0.3) is 0 Å². The fourth-order valence-corrected chi connectivity index (χ4v) is 2.77. The van der Waals surface area contributed by atoms with E-state index in [0.29, 0.717) is 6.04 Å². The van der Waals surface area contributed by atoms with Gasteiger partial charge in [-0.25, -0.2) is 0 Å². The average Bonchev–Trinajstić information content (AvgIpc) is 2.54. The molecule has 0 saturated carbocycles. The van der Waals surface area contributed by atoms with Crippen molar-refractivity contribution in [1.29, 1.82) is 0 Å². The molecular formula is C19H20N2. The molecule has 2 aromatic carbocycles. The van der Waals surface area contributed by atoms with Gasteiger partial charge in [-0.2, -0.15) is 0 Å². The number of hydrogen-bond acceptors (Lipinski definition) is 2. The zero-order valence-corrected chi connectivity index (χ0v) is 12.5. The zero-order chi connectivity index (χ0) is 14.7. The van der Waals surface area contributed by atoms with Crippen molar-refractivity contribution in [3.8, 4) is 0 Å². The number of pyridine rings is 1. The summed E-state index contributed by atoms with van der Waals surface area (Å²) in [7, 11) is 2.02. The van der Waals surface area contributed by atoms with Gasteiger partial charge < -0.3 is 5.32 Å². The maximum atomic E-state index is 4.28. The number of nitrogens with one attached hydrogen (secondary N) is 1. The predicted molar refractivity (Wildman–Crippen MR) is 88.4 cm³/mol. The van der Waals surface area contributed by atoms with E-state index in [4.69, 9.17) is 0 Å². The van der Waals surface area contributed by atoms with E-state index in [-0.39, 0.29) is 0 Å². The molecule has 1 unspecified atom stereocenters. The molecule has 3 rings (SSSR count). The maximum Gasteiger partial charge on any atom is 0.0365 e. The molecule has 2 nitrogen and oxygen atoms in total. The predicted octanol–water partition coefficient (Wildman–Crippen LogP) is 4.05. The van der Waals surface area contributed by atoms with Crippen molar-refractivity contribution in [2.75, 3.05) is 7.05 Å². The monoisotopic (exact) mass is 276 g/mol. The van der Waals surface area contributed by atoms with Crippen LogP contribution in [0, 0.1) is 6.92 Å². The highest BCUT2D eigenvalue weighted by Crippen LogP contribution is 2.26. The molecule has 3 aromatic rings. The molecule has 1 atom stereocenters. The maximum absolute atomic E-state index is 4.28. The Hall–Kier alpha value is -2.19. The summed E-state index contributed by atoms with van der Waals surface area (Å²) in [6.07, 6.45) is 4.79. The number of aryl methyl sites for hydroxylation is 1. The van der Waals surface area contributed by atoms with E-state index in [9.17, 15) is 0 Å². The van der Waals surface area contributed by atoms with Crippen molar-refractivity contribution in [3.63, 3.8) is 0 Å². The largest absolute Gasteiger partial charge is 0.313 e. The van der Waals surface area contributed by atoms with Gasteiger partial charge in [0.2, 0.25) is 0 Å². The second kappa shape index (κ2) is 6.06. The summed E-state index contributed by atoms with van der Waals surface area (Å²) in [5, 5.41) is 5.92. The van der Waals surface area contributed by atoms with Crippen molar-refractivity contribution >= 4 is 10.8 Å². The summed E-state index contributed by atoms with van der Waals surface area (Å²) in [4.78, 5) is 4.28. The van der Waals surface area contributed by atoms with Gasteiger partial charge in [0.05, 0.1) is 0 Å². The topological polar surface area (TPSA) is 24.9 Å². The first kappa shape index (κ1) is 13.8. The molecule has 1 heterocycles. The highest BCUT2D eigenvalue weighted by atomic mass is 14.9. The van der Waals surface area contributed by atoms with Gasteiger partial charge in [-0.1, -0.05) is 48.0 Å². The first-order chi connectivity index (χ1) is 10.3. The van der Waals surface area contributed by atoms with Gasteiger partial charge in [0.15, 0.2) is 0 Å². The van der Waals surface area contributed by atoms with E-state index in [1.807, 2.05) is 19.4 Å². The second-order valence-corrected chi connectivity index (χ2v) is 5.48. The van der Waals surface area contributed by atoms with Crippen LogP contribution >= 0.6 is 0 Å². The minimum atomic E-state index is 0.292. The Balaban J connectivity index is 1.96. The van der Waals surface area contributed by atoms with Crippen molar-refractivity contribution in [2.45, 2.75) is 19.4 Å². The van der Waals surface area contributed by atoms with Crippen LogP contribution in [-0.2, 0) is 6.42 Å². The van der Waals surface area contributed by atoms with Gasteiger partial charge >= 0.3 is 0 Å². The number of benzene rings is 2. The molecule has 0 spiro atoms. The first-order valence-corrected chi connectivity index (χ1v) is 7.33. The number of aromatic nitrogens is 1. The minimum absolute atomic E-state index is 0.292. The molecule has 0 radical (unpaired) electrons. The molecule has 0 fully saturated rings. The lowest BCUT2D eigenvalue weighted by atomic mass is 9.95. The van der Waals surface area contributed by atoms with E-state index in [0.717, 1.165) is 6.42 Å².